The maximum atomic E-state index is 12.3. The van der Waals surface area contributed by atoms with Gasteiger partial charge in [0.05, 0.1) is 0 Å². The average Bonchev–Trinajstić information content (AvgIpc) is 3.30. The number of aromatic nitrogens is 4. The molecule has 1 N–H and O–H groups in total. The number of nitrogens with zero attached hydrogens (tertiary/aromatic N) is 4. The van der Waals surface area contributed by atoms with Crippen molar-refractivity contribution in [1.29, 1.82) is 0 Å². The summed E-state index contributed by atoms with van der Waals surface area (Å²) < 4.78 is 1.58. The van der Waals surface area contributed by atoms with Gasteiger partial charge in [-0.25, -0.2) is 14.6 Å². The Bertz CT molecular complexity index is 682. The Morgan fingerprint density at radius 2 is 2.35 bits per heavy atom. The fourth-order valence-electron chi connectivity index (χ4n) is 4.26. The summed E-state index contributed by atoms with van der Waals surface area (Å²) >= 11 is 1.49. The van der Waals surface area contributed by atoms with E-state index in [9.17, 15) is 4.79 Å². The zero-order chi connectivity index (χ0) is 15.8. The minimum absolute atomic E-state index is 0.0101. The monoisotopic (exact) mass is 331 g/mol. The van der Waals surface area contributed by atoms with Gasteiger partial charge in [0.2, 0.25) is 11.7 Å². The number of rotatable bonds is 5. The number of hydrogen-bond donors (Lipinski definition) is 1. The summed E-state index contributed by atoms with van der Waals surface area (Å²) in [6, 6.07) is 0.250. The van der Waals surface area contributed by atoms with E-state index in [0.717, 1.165) is 16.8 Å². The zero-order valence-corrected chi connectivity index (χ0v) is 14.0. The van der Waals surface area contributed by atoms with E-state index in [1.807, 2.05) is 5.38 Å². The summed E-state index contributed by atoms with van der Waals surface area (Å²) in [4.78, 5) is 20.7. The largest absolute Gasteiger partial charge is 0.352 e. The number of amides is 1. The van der Waals surface area contributed by atoms with Crippen LogP contribution in [0.1, 0.15) is 32.6 Å². The number of hydrogen-bond acceptors (Lipinski definition) is 5. The number of carbonyl (C=O) groups excluding carboxylic acids is 1. The van der Waals surface area contributed by atoms with Crippen LogP contribution in [0.15, 0.2) is 17.9 Å². The van der Waals surface area contributed by atoms with E-state index in [1.165, 1.54) is 37.0 Å². The number of carbonyl (C=O) groups is 1. The van der Waals surface area contributed by atoms with Crippen molar-refractivity contribution < 1.29 is 4.79 Å². The molecule has 2 heterocycles. The predicted octanol–water partition coefficient (Wildman–Crippen LogP) is 2.34. The molecule has 2 aromatic rings. The molecule has 0 radical (unpaired) electrons. The Hall–Kier alpha value is -1.76. The van der Waals surface area contributed by atoms with Crippen LogP contribution in [0, 0.1) is 17.8 Å². The smallest absolute Gasteiger partial charge is 0.242 e. The van der Waals surface area contributed by atoms with Gasteiger partial charge in [-0.05, 0) is 43.9 Å². The molecular weight excluding hydrogens is 310 g/mol. The van der Waals surface area contributed by atoms with Crippen molar-refractivity contribution in [3.05, 3.63) is 17.9 Å². The highest BCUT2D eigenvalue weighted by Gasteiger charge is 2.42. The first-order valence-corrected chi connectivity index (χ1v) is 9.15. The van der Waals surface area contributed by atoms with Gasteiger partial charge in [-0.3, -0.25) is 4.79 Å². The SMILES string of the molecule is CC(NC(=O)Cn1cnc(-c2nccs2)n1)C1CC2CCC1C2. The van der Waals surface area contributed by atoms with Crippen molar-refractivity contribution in [2.45, 2.75) is 45.2 Å². The second-order valence-corrected chi connectivity index (χ2v) is 7.69. The molecule has 4 rings (SSSR count). The highest BCUT2D eigenvalue weighted by atomic mass is 32.1. The molecule has 122 valence electrons. The summed E-state index contributed by atoms with van der Waals surface area (Å²) in [6.45, 7) is 2.36. The lowest BCUT2D eigenvalue weighted by molar-refractivity contribution is -0.122. The lowest BCUT2D eigenvalue weighted by Crippen LogP contribution is -2.41. The van der Waals surface area contributed by atoms with E-state index in [0.29, 0.717) is 11.7 Å². The standard InChI is InChI=1S/C16H21N5OS/c1-10(13-7-11-2-3-12(13)6-11)19-14(22)8-21-9-18-15(20-21)16-17-4-5-23-16/h4-5,9-13H,2-3,6-8H2,1H3,(H,19,22). The van der Waals surface area contributed by atoms with Crippen molar-refractivity contribution in [3.63, 3.8) is 0 Å². The molecule has 2 aliphatic carbocycles. The van der Waals surface area contributed by atoms with Crippen LogP contribution in [0.2, 0.25) is 0 Å². The first-order chi connectivity index (χ1) is 11.2. The van der Waals surface area contributed by atoms with Gasteiger partial charge in [-0.2, -0.15) is 0 Å². The molecular formula is C16H21N5OS. The van der Waals surface area contributed by atoms with Gasteiger partial charge in [0.1, 0.15) is 12.9 Å². The van der Waals surface area contributed by atoms with Crippen molar-refractivity contribution >= 4 is 17.2 Å². The van der Waals surface area contributed by atoms with Crippen molar-refractivity contribution in [2.75, 3.05) is 0 Å². The Morgan fingerprint density at radius 3 is 3.04 bits per heavy atom. The third-order valence-corrected chi connectivity index (χ3v) is 6.06. The summed E-state index contributed by atoms with van der Waals surface area (Å²) in [5, 5.41) is 10.2. The van der Waals surface area contributed by atoms with Gasteiger partial charge in [0.15, 0.2) is 5.01 Å². The fraction of sp³-hybridized carbons (Fsp3) is 0.625. The Balaban J connectivity index is 1.33. The van der Waals surface area contributed by atoms with Crippen LogP contribution in [-0.4, -0.2) is 31.7 Å². The summed E-state index contributed by atoms with van der Waals surface area (Å²) in [6.07, 6.45) is 8.70. The van der Waals surface area contributed by atoms with E-state index in [1.54, 1.807) is 17.2 Å². The molecule has 2 saturated carbocycles. The van der Waals surface area contributed by atoms with Crippen molar-refractivity contribution in [1.82, 2.24) is 25.1 Å². The lowest BCUT2D eigenvalue weighted by Gasteiger charge is -2.28. The molecule has 0 spiro atoms. The summed E-state index contributed by atoms with van der Waals surface area (Å²) in [5.41, 5.74) is 0. The maximum absolute atomic E-state index is 12.3. The van der Waals surface area contributed by atoms with Gasteiger partial charge in [0.25, 0.3) is 0 Å². The van der Waals surface area contributed by atoms with E-state index >= 15 is 0 Å². The third kappa shape index (κ3) is 3.02. The van der Waals surface area contributed by atoms with Gasteiger partial charge in [-0.1, -0.05) is 6.42 Å². The highest BCUT2D eigenvalue weighted by molar-refractivity contribution is 7.12. The molecule has 0 aliphatic heterocycles. The molecule has 4 unspecified atom stereocenters. The fourth-order valence-corrected chi connectivity index (χ4v) is 4.83. The summed E-state index contributed by atoms with van der Waals surface area (Å²) in [5.74, 6) is 2.96. The Labute approximate surface area is 139 Å². The highest BCUT2D eigenvalue weighted by Crippen LogP contribution is 2.49. The minimum atomic E-state index is 0.0101. The minimum Gasteiger partial charge on any atom is -0.352 e. The second-order valence-electron chi connectivity index (χ2n) is 6.80. The molecule has 4 atom stereocenters. The molecule has 7 heteroatoms. The first-order valence-electron chi connectivity index (χ1n) is 8.27. The Morgan fingerprint density at radius 1 is 1.43 bits per heavy atom. The average molecular weight is 331 g/mol. The van der Waals surface area contributed by atoms with Crippen LogP contribution in [0.3, 0.4) is 0 Å². The zero-order valence-electron chi connectivity index (χ0n) is 13.2. The predicted molar refractivity (Wildman–Crippen MR) is 87.7 cm³/mol. The molecule has 1 amide bonds. The van der Waals surface area contributed by atoms with Gasteiger partial charge >= 0.3 is 0 Å². The van der Waals surface area contributed by atoms with Crippen molar-refractivity contribution in [2.24, 2.45) is 17.8 Å². The number of thiazole rings is 1. The van der Waals surface area contributed by atoms with Crippen LogP contribution in [0.4, 0.5) is 0 Å². The van der Waals surface area contributed by atoms with E-state index in [4.69, 9.17) is 0 Å². The van der Waals surface area contributed by atoms with Crippen LogP contribution in [0.25, 0.3) is 10.8 Å². The van der Waals surface area contributed by atoms with Gasteiger partial charge in [-0.15, -0.1) is 16.4 Å². The van der Waals surface area contributed by atoms with E-state index < -0.39 is 0 Å². The van der Waals surface area contributed by atoms with Gasteiger partial charge < -0.3 is 5.32 Å². The lowest BCUT2D eigenvalue weighted by atomic mass is 9.84. The summed E-state index contributed by atoms with van der Waals surface area (Å²) in [7, 11) is 0. The van der Waals surface area contributed by atoms with E-state index in [-0.39, 0.29) is 18.5 Å². The molecule has 6 nitrogen and oxygen atoms in total. The van der Waals surface area contributed by atoms with E-state index in [2.05, 4.69) is 27.3 Å². The molecule has 2 aromatic heterocycles. The molecule has 0 saturated heterocycles. The van der Waals surface area contributed by atoms with Crippen molar-refractivity contribution in [3.8, 4) is 10.8 Å². The molecule has 23 heavy (non-hydrogen) atoms. The Kier molecular flexibility index (Phi) is 3.88. The molecule has 2 bridgehead atoms. The normalized spacial score (nSPS) is 27.3. The second kappa shape index (κ2) is 6.03. The first kappa shape index (κ1) is 14.8. The quantitative estimate of drug-likeness (QED) is 0.913. The van der Waals surface area contributed by atoms with Crippen LogP contribution in [-0.2, 0) is 11.3 Å². The molecule has 2 aliphatic rings. The van der Waals surface area contributed by atoms with Crippen LogP contribution < -0.4 is 5.32 Å². The molecule has 0 aromatic carbocycles. The molecule has 2 fully saturated rings. The topological polar surface area (TPSA) is 72.7 Å². The van der Waals surface area contributed by atoms with Crippen LogP contribution >= 0.6 is 11.3 Å². The maximum Gasteiger partial charge on any atom is 0.242 e. The number of nitrogens with one attached hydrogen (secondary N) is 1. The number of fused-ring (bicyclic) bond motifs is 2. The van der Waals surface area contributed by atoms with Crippen LogP contribution in [0.5, 0.6) is 0 Å². The van der Waals surface area contributed by atoms with Gasteiger partial charge in [0, 0.05) is 17.6 Å². The third-order valence-electron chi connectivity index (χ3n) is 5.29.